The van der Waals surface area contributed by atoms with Gasteiger partial charge in [-0.25, -0.2) is 13.2 Å². The van der Waals surface area contributed by atoms with Gasteiger partial charge in [-0.1, -0.05) is 13.3 Å². The van der Waals surface area contributed by atoms with Crippen LogP contribution in [-0.4, -0.2) is 41.8 Å². The van der Waals surface area contributed by atoms with Gasteiger partial charge in [0.15, 0.2) is 4.90 Å². The lowest BCUT2D eigenvalue weighted by atomic mass is 10.0. The first kappa shape index (κ1) is 15.9. The van der Waals surface area contributed by atoms with E-state index in [0.29, 0.717) is 6.54 Å². The van der Waals surface area contributed by atoms with Crippen LogP contribution >= 0.6 is 0 Å². The van der Waals surface area contributed by atoms with Crippen molar-refractivity contribution in [1.82, 2.24) is 14.3 Å². The molecule has 0 saturated heterocycles. The molecule has 0 aromatic carbocycles. The van der Waals surface area contributed by atoms with Crippen molar-refractivity contribution < 1.29 is 8.42 Å². The molecule has 8 nitrogen and oxygen atoms in total. The quantitative estimate of drug-likeness (QED) is 0.655. The molecule has 0 spiro atoms. The summed E-state index contributed by atoms with van der Waals surface area (Å²) in [4.78, 5) is 26.5. The molecule has 1 aromatic heterocycles. The van der Waals surface area contributed by atoms with E-state index in [2.05, 4.69) is 4.98 Å². The molecule has 1 saturated carbocycles. The number of rotatable bonds is 5. The summed E-state index contributed by atoms with van der Waals surface area (Å²) < 4.78 is 26.7. The van der Waals surface area contributed by atoms with Gasteiger partial charge in [0.2, 0.25) is 10.0 Å². The zero-order chi connectivity index (χ0) is 15.6. The van der Waals surface area contributed by atoms with E-state index in [1.165, 1.54) is 4.31 Å². The zero-order valence-corrected chi connectivity index (χ0v) is 12.6. The molecule has 1 fully saturated rings. The van der Waals surface area contributed by atoms with Crippen molar-refractivity contribution in [3.8, 4) is 0 Å². The number of hydrogen-bond acceptors (Lipinski definition) is 5. The molecule has 1 aliphatic rings. The first-order chi connectivity index (χ1) is 9.91. The lowest BCUT2D eigenvalue weighted by molar-refractivity contribution is 0.276. The Morgan fingerprint density at radius 1 is 1.38 bits per heavy atom. The van der Waals surface area contributed by atoms with Crippen molar-refractivity contribution in [3.63, 3.8) is 0 Å². The third kappa shape index (κ3) is 2.94. The molecular formula is C12H20N4O4S. The summed E-state index contributed by atoms with van der Waals surface area (Å²) in [7, 11) is -3.96. The van der Waals surface area contributed by atoms with Gasteiger partial charge in [0.1, 0.15) is 0 Å². The fourth-order valence-electron chi connectivity index (χ4n) is 2.97. The molecule has 0 aliphatic heterocycles. The van der Waals surface area contributed by atoms with Gasteiger partial charge < -0.3 is 10.7 Å². The molecule has 9 heteroatoms. The van der Waals surface area contributed by atoms with Gasteiger partial charge in [0, 0.05) is 18.8 Å². The average Bonchev–Trinajstić information content (AvgIpc) is 2.86. The highest BCUT2D eigenvalue weighted by Crippen LogP contribution is 2.31. The maximum Gasteiger partial charge on any atom is 0.325 e. The maximum atomic E-state index is 12.7. The third-order valence-electron chi connectivity index (χ3n) is 3.98. The average molecular weight is 316 g/mol. The molecule has 0 amide bonds. The molecule has 2 atom stereocenters. The number of aromatic amines is 2. The maximum absolute atomic E-state index is 12.7. The fraction of sp³-hybridized carbons (Fsp3) is 0.667. The van der Waals surface area contributed by atoms with E-state index in [9.17, 15) is 18.0 Å². The third-order valence-corrected chi connectivity index (χ3v) is 5.98. The van der Waals surface area contributed by atoms with Crippen molar-refractivity contribution in [3.05, 3.63) is 27.0 Å². The van der Waals surface area contributed by atoms with Gasteiger partial charge >= 0.3 is 5.69 Å². The van der Waals surface area contributed by atoms with E-state index in [-0.39, 0.29) is 18.5 Å². The molecule has 1 heterocycles. The number of H-pyrrole nitrogens is 2. The minimum Gasteiger partial charge on any atom is -0.330 e. The van der Waals surface area contributed by atoms with Gasteiger partial charge in [-0.05, 0) is 25.3 Å². The van der Waals surface area contributed by atoms with Crippen LogP contribution < -0.4 is 17.0 Å². The molecule has 2 unspecified atom stereocenters. The summed E-state index contributed by atoms with van der Waals surface area (Å²) in [6.07, 6.45) is 3.48. The van der Waals surface area contributed by atoms with E-state index in [4.69, 9.17) is 5.73 Å². The first-order valence-corrected chi connectivity index (χ1v) is 8.39. The summed E-state index contributed by atoms with van der Waals surface area (Å²) in [6.45, 7) is 2.39. The largest absolute Gasteiger partial charge is 0.330 e. The Bertz CT molecular complexity index is 708. The van der Waals surface area contributed by atoms with E-state index in [1.54, 1.807) is 6.92 Å². The molecule has 4 N–H and O–H groups in total. The lowest BCUT2D eigenvalue weighted by Crippen LogP contribution is -2.45. The Morgan fingerprint density at radius 3 is 2.67 bits per heavy atom. The Kier molecular flexibility index (Phi) is 4.64. The molecule has 2 rings (SSSR count). The Balaban J connectivity index is 2.45. The Morgan fingerprint density at radius 2 is 2.10 bits per heavy atom. The SMILES string of the molecule is CCN(C1CCCC1CN)S(=O)(=O)c1c[nH]c(=O)[nH]c1=O. The highest BCUT2D eigenvalue weighted by Gasteiger charge is 2.38. The van der Waals surface area contributed by atoms with E-state index >= 15 is 0 Å². The van der Waals surface area contributed by atoms with Crippen LogP contribution in [-0.2, 0) is 10.0 Å². The fourth-order valence-corrected chi connectivity index (χ4v) is 4.69. The van der Waals surface area contributed by atoms with E-state index in [1.807, 2.05) is 4.98 Å². The second-order valence-electron chi connectivity index (χ2n) is 5.14. The molecule has 21 heavy (non-hydrogen) atoms. The Labute approximate surface area is 122 Å². The topological polar surface area (TPSA) is 129 Å². The predicted molar refractivity (Wildman–Crippen MR) is 77.4 cm³/mol. The predicted octanol–water partition coefficient (Wildman–Crippen LogP) is -0.799. The number of sulfonamides is 1. The van der Waals surface area contributed by atoms with Gasteiger partial charge in [-0.15, -0.1) is 0 Å². The van der Waals surface area contributed by atoms with E-state index < -0.39 is 26.2 Å². The summed E-state index contributed by atoms with van der Waals surface area (Å²) in [6, 6.07) is -0.198. The van der Waals surface area contributed by atoms with Crippen LogP contribution in [0.2, 0.25) is 0 Å². The number of hydrogen-bond donors (Lipinski definition) is 3. The number of nitrogens with one attached hydrogen (secondary N) is 2. The number of aromatic nitrogens is 2. The van der Waals surface area contributed by atoms with Gasteiger partial charge in [0.25, 0.3) is 5.56 Å². The monoisotopic (exact) mass is 316 g/mol. The second-order valence-corrected chi connectivity index (χ2v) is 7.00. The van der Waals surface area contributed by atoms with Crippen LogP contribution in [0.4, 0.5) is 0 Å². The summed E-state index contributed by atoms with van der Waals surface area (Å²) >= 11 is 0. The van der Waals surface area contributed by atoms with Crippen LogP contribution in [0, 0.1) is 5.92 Å². The smallest absolute Gasteiger partial charge is 0.325 e. The molecule has 0 radical (unpaired) electrons. The standard InChI is InChI=1S/C12H20N4O4S/c1-2-16(9-5-3-4-8(9)6-13)21(19,20)10-7-14-12(18)15-11(10)17/h7-9H,2-6,13H2,1H3,(H2,14,15,17,18). The molecular weight excluding hydrogens is 296 g/mol. The summed E-state index contributed by atoms with van der Waals surface area (Å²) in [5, 5.41) is 0. The minimum atomic E-state index is -3.96. The summed E-state index contributed by atoms with van der Waals surface area (Å²) in [5.74, 6) is 0.0987. The van der Waals surface area contributed by atoms with Crippen LogP contribution in [0.5, 0.6) is 0 Å². The van der Waals surface area contributed by atoms with Gasteiger partial charge in [0.05, 0.1) is 0 Å². The Hall–Kier alpha value is -1.45. The highest BCUT2D eigenvalue weighted by atomic mass is 32.2. The zero-order valence-electron chi connectivity index (χ0n) is 11.8. The second kappa shape index (κ2) is 6.12. The van der Waals surface area contributed by atoms with Crippen molar-refractivity contribution in [2.45, 2.75) is 37.1 Å². The van der Waals surface area contributed by atoms with Gasteiger partial charge in [-0.3, -0.25) is 9.78 Å². The molecule has 0 bridgehead atoms. The minimum absolute atomic E-state index is 0.0987. The van der Waals surface area contributed by atoms with Crippen LogP contribution in [0.1, 0.15) is 26.2 Å². The normalized spacial score (nSPS) is 22.8. The van der Waals surface area contributed by atoms with Crippen molar-refractivity contribution in [2.24, 2.45) is 11.7 Å². The van der Waals surface area contributed by atoms with E-state index in [0.717, 1.165) is 25.5 Å². The summed E-state index contributed by atoms with van der Waals surface area (Å²) in [5.41, 5.74) is 4.07. The van der Waals surface area contributed by atoms with Gasteiger partial charge in [-0.2, -0.15) is 4.31 Å². The highest BCUT2D eigenvalue weighted by molar-refractivity contribution is 7.89. The lowest BCUT2D eigenvalue weighted by Gasteiger charge is -2.30. The first-order valence-electron chi connectivity index (χ1n) is 6.95. The van der Waals surface area contributed by atoms with Crippen LogP contribution in [0.25, 0.3) is 0 Å². The number of nitrogens with two attached hydrogens (primary N) is 1. The number of nitrogens with zero attached hydrogens (tertiary/aromatic N) is 1. The molecule has 1 aromatic rings. The van der Waals surface area contributed by atoms with Crippen molar-refractivity contribution >= 4 is 10.0 Å². The van der Waals surface area contributed by atoms with Crippen LogP contribution in [0.15, 0.2) is 20.7 Å². The molecule has 118 valence electrons. The molecule has 1 aliphatic carbocycles. The van der Waals surface area contributed by atoms with Crippen molar-refractivity contribution in [1.29, 1.82) is 0 Å². The van der Waals surface area contributed by atoms with Crippen LogP contribution in [0.3, 0.4) is 0 Å². The van der Waals surface area contributed by atoms with Crippen molar-refractivity contribution in [2.75, 3.05) is 13.1 Å².